The summed E-state index contributed by atoms with van der Waals surface area (Å²) in [6.45, 7) is 0. The van der Waals surface area contributed by atoms with Crippen molar-refractivity contribution in [3.05, 3.63) is 384 Å². The molecule has 15 aromatic heterocycles. The molecule has 114 heavy (non-hydrogen) atoms. The van der Waals surface area contributed by atoms with E-state index in [1.54, 1.807) is 88.1 Å². The summed E-state index contributed by atoms with van der Waals surface area (Å²) in [6, 6.07) is 75.1. The Kier molecular flexibility index (Phi) is 21.2. The Labute approximate surface area is 651 Å². The van der Waals surface area contributed by atoms with Crippen LogP contribution in [-0.4, -0.2) is 86.1 Å². The van der Waals surface area contributed by atoms with Crippen LogP contribution < -0.4 is 9.47 Å². The number of aromatic nitrogens is 15. The molecule has 0 spiro atoms. The third-order valence-electron chi connectivity index (χ3n) is 18.8. The number of pyridine rings is 10. The highest BCUT2D eigenvalue weighted by molar-refractivity contribution is 5.86. The fourth-order valence-electron chi connectivity index (χ4n) is 13.3. The van der Waals surface area contributed by atoms with Crippen LogP contribution in [0.1, 0.15) is 5.56 Å². The molecule has 0 aliphatic carbocycles. The highest BCUT2D eigenvalue weighted by Crippen LogP contribution is 2.37. The summed E-state index contributed by atoms with van der Waals surface area (Å²) in [6.07, 6.45) is 37.3. The average molecular weight is 1500 g/mol. The van der Waals surface area contributed by atoms with Gasteiger partial charge < -0.3 is 31.5 Å². The van der Waals surface area contributed by atoms with Crippen LogP contribution in [0.3, 0.4) is 0 Å². The zero-order valence-corrected chi connectivity index (χ0v) is 61.2. The standard InChI is InChI=1S/C19H12N4.2C19H15N3O.C18H11F2N3.C18H12FN3/c20-12-14-3-1-4-15(11-14)19-17(5-2-8-22-19)16-6-7-18-21-9-10-23(18)13-16;1-23-16-5-2-4-14(12-16)19-17(6-3-9-21-19)15-7-8-18-20-10-11-22(18)13-15;1-23-16-7-4-14(5-8-16)19-17(3-2-10-21-19)15-6-9-18-20-11-12-22(18)13-15;19-14-8-13(9-15(20)10-14)18-16(2-1-5-22-18)12-3-4-17-21-6-7-23(17)11-12;19-15-6-3-13(4-7-15)18-16(2-1-9-21-18)14-5-8-17-20-10-11-22(17)12-14/h1-11,13H;2*2-13H,1H3;1-11H;1-12H. The summed E-state index contributed by atoms with van der Waals surface area (Å²) < 4.78 is 60.6. The number of hydrogen-bond acceptors (Lipinski definition) is 13. The van der Waals surface area contributed by atoms with Crippen LogP contribution in [0.15, 0.2) is 361 Å². The molecular formula is C93H65F3N16O2. The topological polar surface area (TPSA) is 193 Å². The lowest BCUT2D eigenvalue weighted by molar-refractivity contribution is 0.415. The zero-order chi connectivity index (χ0) is 77.7. The summed E-state index contributed by atoms with van der Waals surface area (Å²) in [5.74, 6) is 0.166. The largest absolute Gasteiger partial charge is 0.497 e. The maximum absolute atomic E-state index is 13.5. The molecule has 18 nitrogen and oxygen atoms in total. The monoisotopic (exact) mass is 1490 g/mol. The molecule has 20 rings (SSSR count). The molecule has 0 unspecified atom stereocenters. The minimum absolute atomic E-state index is 0.249. The first-order valence-electron chi connectivity index (χ1n) is 36.0. The summed E-state index contributed by atoms with van der Waals surface area (Å²) in [7, 11) is 3.34. The maximum atomic E-state index is 13.5. The first-order valence-corrected chi connectivity index (χ1v) is 36.0. The number of methoxy groups -OCH3 is 2. The normalized spacial score (nSPS) is 10.8. The first kappa shape index (κ1) is 72.4. The Morgan fingerprint density at radius 2 is 0.561 bits per heavy atom. The molecule has 0 atom stereocenters. The molecule has 21 heteroatoms. The first-order chi connectivity index (χ1) is 56.1. The van der Waals surface area contributed by atoms with Gasteiger partial charge in [0.25, 0.3) is 0 Å². The summed E-state index contributed by atoms with van der Waals surface area (Å²) >= 11 is 0. The Balaban J connectivity index is 0.000000107. The molecule has 0 N–H and O–H groups in total. The van der Waals surface area contributed by atoms with Crippen molar-refractivity contribution in [2.75, 3.05) is 14.2 Å². The molecule has 0 amide bonds. The lowest BCUT2D eigenvalue weighted by Crippen LogP contribution is -1.92. The highest BCUT2D eigenvalue weighted by Gasteiger charge is 2.17. The highest BCUT2D eigenvalue weighted by atomic mass is 19.1. The number of benzene rings is 5. The van der Waals surface area contributed by atoms with Crippen molar-refractivity contribution in [2.24, 2.45) is 0 Å². The second-order valence-corrected chi connectivity index (χ2v) is 25.9. The van der Waals surface area contributed by atoms with Crippen molar-refractivity contribution >= 4 is 28.2 Å². The quantitative estimate of drug-likeness (QED) is 0.112. The van der Waals surface area contributed by atoms with Gasteiger partial charge in [0.2, 0.25) is 0 Å². The van der Waals surface area contributed by atoms with Crippen molar-refractivity contribution in [1.29, 1.82) is 5.26 Å². The number of nitrogens with zero attached hydrogens (tertiary/aromatic N) is 16. The Hall–Kier alpha value is -15.8. The Bertz CT molecular complexity index is 6810. The van der Waals surface area contributed by atoms with Crippen LogP contribution in [-0.2, 0) is 0 Å². The number of rotatable bonds is 12. The van der Waals surface area contributed by atoms with E-state index < -0.39 is 11.6 Å². The number of imidazole rings is 5. The number of nitriles is 1. The van der Waals surface area contributed by atoms with E-state index in [0.29, 0.717) is 16.8 Å². The van der Waals surface area contributed by atoms with Gasteiger partial charge in [-0.2, -0.15) is 5.26 Å². The van der Waals surface area contributed by atoms with E-state index in [1.807, 2.05) is 242 Å². The van der Waals surface area contributed by atoms with E-state index in [2.05, 4.69) is 92.6 Å². The maximum Gasteiger partial charge on any atom is 0.136 e. The van der Waals surface area contributed by atoms with Crippen molar-refractivity contribution < 1.29 is 22.6 Å². The lowest BCUT2D eigenvalue weighted by Gasteiger charge is -2.10. The Morgan fingerprint density at radius 1 is 0.254 bits per heavy atom. The summed E-state index contributed by atoms with van der Waals surface area (Å²) in [5, 5.41) is 9.11. The van der Waals surface area contributed by atoms with Gasteiger partial charge in [-0.05, 0) is 176 Å². The molecule has 0 aliphatic rings. The van der Waals surface area contributed by atoms with Crippen molar-refractivity contribution in [3.8, 4) is 129 Å². The second kappa shape index (κ2) is 33.4. The summed E-state index contributed by atoms with van der Waals surface area (Å²) in [4.78, 5) is 43.8. The van der Waals surface area contributed by atoms with Gasteiger partial charge in [-0.15, -0.1) is 0 Å². The fraction of sp³-hybridized carbons (Fsp3) is 0.0215. The average Bonchev–Trinajstić information content (AvgIpc) is 1.40. The number of halogens is 3. The smallest absolute Gasteiger partial charge is 0.136 e. The number of fused-ring (bicyclic) bond motifs is 5. The molecule has 0 saturated carbocycles. The minimum Gasteiger partial charge on any atom is -0.497 e. The van der Waals surface area contributed by atoms with E-state index in [1.165, 1.54) is 24.3 Å². The Morgan fingerprint density at radius 3 is 0.904 bits per heavy atom. The van der Waals surface area contributed by atoms with Gasteiger partial charge in [-0.1, -0.05) is 54.6 Å². The van der Waals surface area contributed by atoms with Crippen LogP contribution in [0.25, 0.3) is 140 Å². The van der Waals surface area contributed by atoms with Gasteiger partial charge in [0, 0.05) is 213 Å². The van der Waals surface area contributed by atoms with E-state index in [0.717, 1.165) is 146 Å². The fourth-order valence-corrected chi connectivity index (χ4v) is 13.3. The van der Waals surface area contributed by atoms with Crippen LogP contribution in [0.4, 0.5) is 13.2 Å². The van der Waals surface area contributed by atoms with E-state index in [4.69, 9.17) is 14.7 Å². The van der Waals surface area contributed by atoms with Gasteiger partial charge in [-0.3, -0.25) is 24.9 Å². The number of hydrogen-bond donors (Lipinski definition) is 0. The van der Waals surface area contributed by atoms with Gasteiger partial charge in [0.15, 0.2) is 0 Å². The van der Waals surface area contributed by atoms with Crippen molar-refractivity contribution in [1.82, 2.24) is 71.8 Å². The van der Waals surface area contributed by atoms with Crippen LogP contribution in [0, 0.1) is 28.8 Å². The summed E-state index contributed by atoms with van der Waals surface area (Å²) in [5.41, 5.74) is 23.8. The molecule has 0 fully saturated rings. The van der Waals surface area contributed by atoms with Crippen LogP contribution in [0.2, 0.25) is 0 Å². The molecule has 0 radical (unpaired) electrons. The van der Waals surface area contributed by atoms with Gasteiger partial charge in [0.1, 0.15) is 57.2 Å². The van der Waals surface area contributed by atoms with Crippen LogP contribution in [0.5, 0.6) is 11.5 Å². The van der Waals surface area contributed by atoms with E-state index in [9.17, 15) is 13.2 Å². The molecule has 5 aromatic carbocycles. The van der Waals surface area contributed by atoms with E-state index in [-0.39, 0.29) is 5.82 Å². The molecular weight excluding hydrogens is 1430 g/mol. The second-order valence-electron chi connectivity index (χ2n) is 25.9. The zero-order valence-electron chi connectivity index (χ0n) is 61.2. The predicted molar refractivity (Wildman–Crippen MR) is 437 cm³/mol. The lowest BCUT2D eigenvalue weighted by atomic mass is 9.99. The SMILES string of the molecule is COc1ccc(-c2ncccc2-c2ccc3nccn3c2)cc1.COc1cccc(-c2ncccc2-c2ccc3nccn3c2)c1.Fc1cc(F)cc(-c2ncccc2-c2ccc3nccn3c2)c1.Fc1ccc(-c2ncccc2-c2ccc3nccn3c2)cc1.N#Cc1cccc(-c2ncccc2-c2ccc3nccn3c2)c1. The molecule has 15 heterocycles. The van der Waals surface area contributed by atoms with Crippen molar-refractivity contribution in [3.63, 3.8) is 0 Å². The molecule has 0 saturated heterocycles. The predicted octanol–water partition coefficient (Wildman–Crippen LogP) is 20.6. The van der Waals surface area contributed by atoms with Gasteiger partial charge in [0.05, 0.1) is 54.3 Å². The molecule has 0 bridgehead atoms. The minimum atomic E-state index is -0.623. The van der Waals surface area contributed by atoms with Crippen LogP contribution >= 0.6 is 0 Å². The van der Waals surface area contributed by atoms with E-state index >= 15 is 0 Å². The third-order valence-corrected chi connectivity index (χ3v) is 18.8. The van der Waals surface area contributed by atoms with Crippen molar-refractivity contribution in [2.45, 2.75) is 0 Å². The van der Waals surface area contributed by atoms with Gasteiger partial charge >= 0.3 is 0 Å². The molecule has 0 aliphatic heterocycles. The third kappa shape index (κ3) is 16.2. The van der Waals surface area contributed by atoms with Gasteiger partial charge in [-0.25, -0.2) is 38.1 Å². The molecule has 20 aromatic rings. The molecule has 550 valence electrons. The number of ether oxygens (including phenoxy) is 2.